The third-order valence-electron chi connectivity index (χ3n) is 2.34. The normalized spacial score (nSPS) is 14.4. The van der Waals surface area contributed by atoms with Gasteiger partial charge in [-0.05, 0) is 30.5 Å². The number of rotatable bonds is 1. The van der Waals surface area contributed by atoms with E-state index in [0.717, 1.165) is 30.6 Å². The van der Waals surface area contributed by atoms with E-state index in [4.69, 9.17) is 16.7 Å². The molecule has 0 atom stereocenters. The molecule has 2 N–H and O–H groups in total. The van der Waals surface area contributed by atoms with E-state index in [1.165, 1.54) is 6.07 Å². The van der Waals surface area contributed by atoms with Crippen molar-refractivity contribution in [1.29, 1.82) is 0 Å². The molecule has 0 radical (unpaired) electrons. The van der Waals surface area contributed by atoms with Crippen LogP contribution in [-0.2, 0) is 6.42 Å². The van der Waals surface area contributed by atoms with Crippen molar-refractivity contribution in [2.24, 2.45) is 0 Å². The molecule has 0 amide bonds. The van der Waals surface area contributed by atoms with Gasteiger partial charge in [0, 0.05) is 6.54 Å². The van der Waals surface area contributed by atoms with E-state index in [1.54, 1.807) is 6.07 Å². The summed E-state index contributed by atoms with van der Waals surface area (Å²) < 4.78 is 0. The van der Waals surface area contributed by atoms with Crippen LogP contribution in [0.2, 0.25) is 5.02 Å². The summed E-state index contributed by atoms with van der Waals surface area (Å²) in [4.78, 5) is 10.8. The van der Waals surface area contributed by atoms with E-state index < -0.39 is 5.97 Å². The first-order chi connectivity index (χ1) is 6.68. The summed E-state index contributed by atoms with van der Waals surface area (Å²) in [5.41, 5.74) is 2.15. The van der Waals surface area contributed by atoms with Crippen LogP contribution in [0.4, 0.5) is 5.69 Å². The predicted molar refractivity (Wildman–Crippen MR) is 55.2 cm³/mol. The van der Waals surface area contributed by atoms with Gasteiger partial charge in [0.1, 0.15) is 0 Å². The third-order valence-corrected chi connectivity index (χ3v) is 2.64. The van der Waals surface area contributed by atoms with Gasteiger partial charge < -0.3 is 10.4 Å². The molecule has 0 unspecified atom stereocenters. The average molecular weight is 212 g/mol. The highest BCUT2D eigenvalue weighted by Gasteiger charge is 2.15. The second-order valence-electron chi connectivity index (χ2n) is 3.33. The van der Waals surface area contributed by atoms with E-state index in [0.29, 0.717) is 5.02 Å². The van der Waals surface area contributed by atoms with Crippen LogP contribution in [-0.4, -0.2) is 17.6 Å². The molecule has 0 saturated heterocycles. The highest BCUT2D eigenvalue weighted by molar-refractivity contribution is 6.33. The predicted octanol–water partition coefficient (Wildman–Crippen LogP) is 2.40. The smallest absolute Gasteiger partial charge is 0.335 e. The minimum Gasteiger partial charge on any atom is -0.478 e. The summed E-state index contributed by atoms with van der Waals surface area (Å²) in [7, 11) is 0. The van der Waals surface area contributed by atoms with E-state index in [1.807, 2.05) is 0 Å². The summed E-state index contributed by atoms with van der Waals surface area (Å²) in [6, 6.07) is 3.18. The lowest BCUT2D eigenvalue weighted by Crippen LogP contribution is -2.13. The zero-order chi connectivity index (χ0) is 10.1. The van der Waals surface area contributed by atoms with Gasteiger partial charge in [-0.3, -0.25) is 0 Å². The summed E-state index contributed by atoms with van der Waals surface area (Å²) in [5.74, 6) is -0.930. The molecule has 0 aromatic heterocycles. The number of hydrogen-bond acceptors (Lipinski definition) is 2. The Hall–Kier alpha value is -1.22. The topological polar surface area (TPSA) is 49.3 Å². The number of carboxylic acid groups (broad SMARTS) is 1. The van der Waals surface area contributed by atoms with Crippen molar-refractivity contribution in [3.8, 4) is 0 Å². The van der Waals surface area contributed by atoms with Crippen molar-refractivity contribution < 1.29 is 9.90 Å². The molecule has 0 fully saturated rings. The Morgan fingerprint density at radius 3 is 3.00 bits per heavy atom. The molecule has 1 aromatic rings. The molecule has 1 aliphatic rings. The number of halogens is 1. The Labute approximate surface area is 86.7 Å². The molecule has 0 saturated carbocycles. The van der Waals surface area contributed by atoms with Gasteiger partial charge in [0.05, 0.1) is 16.3 Å². The van der Waals surface area contributed by atoms with Crippen molar-refractivity contribution in [3.63, 3.8) is 0 Å². The monoisotopic (exact) mass is 211 g/mol. The van der Waals surface area contributed by atoms with Crippen LogP contribution in [0.3, 0.4) is 0 Å². The molecule has 1 aliphatic heterocycles. The Balaban J connectivity index is 2.51. The number of nitrogens with one attached hydrogen (secondary N) is 1. The molecule has 1 heterocycles. The molecular formula is C10H10ClNO2. The van der Waals surface area contributed by atoms with Crippen LogP contribution in [0.15, 0.2) is 12.1 Å². The van der Waals surface area contributed by atoms with Crippen molar-refractivity contribution >= 4 is 23.3 Å². The maximum absolute atomic E-state index is 10.8. The molecular weight excluding hydrogens is 202 g/mol. The Morgan fingerprint density at radius 2 is 2.29 bits per heavy atom. The molecule has 14 heavy (non-hydrogen) atoms. The minimum absolute atomic E-state index is 0.262. The van der Waals surface area contributed by atoms with E-state index >= 15 is 0 Å². The number of fused-ring (bicyclic) bond motifs is 1. The zero-order valence-electron chi connectivity index (χ0n) is 7.51. The van der Waals surface area contributed by atoms with E-state index in [-0.39, 0.29) is 5.56 Å². The fourth-order valence-corrected chi connectivity index (χ4v) is 1.98. The van der Waals surface area contributed by atoms with Crippen LogP contribution in [0.25, 0.3) is 0 Å². The fourth-order valence-electron chi connectivity index (χ4n) is 1.67. The van der Waals surface area contributed by atoms with E-state index in [9.17, 15) is 4.79 Å². The molecule has 1 aromatic carbocycles. The van der Waals surface area contributed by atoms with Crippen molar-refractivity contribution in [1.82, 2.24) is 0 Å². The summed E-state index contributed by atoms with van der Waals surface area (Å²) >= 11 is 5.97. The van der Waals surface area contributed by atoms with Crippen molar-refractivity contribution in [3.05, 3.63) is 28.3 Å². The molecule has 4 heteroatoms. The Kier molecular flexibility index (Phi) is 2.33. The molecule has 0 aliphatic carbocycles. The van der Waals surface area contributed by atoms with E-state index in [2.05, 4.69) is 5.32 Å². The number of anilines is 1. The number of carboxylic acids is 1. The van der Waals surface area contributed by atoms with Gasteiger partial charge in [-0.25, -0.2) is 4.79 Å². The van der Waals surface area contributed by atoms with Crippen LogP contribution in [0, 0.1) is 0 Å². The largest absolute Gasteiger partial charge is 0.478 e. The minimum atomic E-state index is -0.930. The highest BCUT2D eigenvalue weighted by Crippen LogP contribution is 2.31. The number of hydrogen-bond donors (Lipinski definition) is 2. The maximum Gasteiger partial charge on any atom is 0.335 e. The quantitative estimate of drug-likeness (QED) is 0.750. The van der Waals surface area contributed by atoms with Crippen LogP contribution >= 0.6 is 11.6 Å². The first kappa shape index (κ1) is 9.34. The molecule has 3 nitrogen and oxygen atoms in total. The molecule has 74 valence electrons. The fraction of sp³-hybridized carbons (Fsp3) is 0.300. The van der Waals surface area contributed by atoms with Gasteiger partial charge in [-0.2, -0.15) is 0 Å². The second kappa shape index (κ2) is 3.50. The highest BCUT2D eigenvalue weighted by atomic mass is 35.5. The molecule has 2 rings (SSSR count). The summed E-state index contributed by atoms with van der Waals surface area (Å²) in [6.07, 6.45) is 1.91. The van der Waals surface area contributed by atoms with Crippen LogP contribution in [0.5, 0.6) is 0 Å². The summed E-state index contributed by atoms with van der Waals surface area (Å²) in [6.45, 7) is 0.902. The standard InChI is InChI=1S/C10H10ClNO2/c11-8-5-7(10(13)14)4-6-2-1-3-12-9(6)8/h4-5,12H,1-3H2,(H,13,14). The average Bonchev–Trinajstić information content (AvgIpc) is 2.17. The van der Waals surface area contributed by atoms with Gasteiger partial charge in [0.2, 0.25) is 0 Å². The first-order valence-corrected chi connectivity index (χ1v) is 4.86. The van der Waals surface area contributed by atoms with Gasteiger partial charge >= 0.3 is 5.97 Å². The maximum atomic E-state index is 10.8. The van der Waals surface area contributed by atoms with Gasteiger partial charge in [0.25, 0.3) is 0 Å². The van der Waals surface area contributed by atoms with Gasteiger partial charge in [-0.15, -0.1) is 0 Å². The SMILES string of the molecule is O=C(O)c1cc(Cl)c2c(c1)CCCN2. The Morgan fingerprint density at radius 1 is 1.50 bits per heavy atom. The van der Waals surface area contributed by atoms with Crippen molar-refractivity contribution in [2.75, 3.05) is 11.9 Å². The van der Waals surface area contributed by atoms with Crippen molar-refractivity contribution in [2.45, 2.75) is 12.8 Å². The lowest BCUT2D eigenvalue weighted by Gasteiger charge is -2.19. The molecule has 0 spiro atoms. The number of aromatic carboxylic acids is 1. The first-order valence-electron chi connectivity index (χ1n) is 4.48. The number of aryl methyl sites for hydroxylation is 1. The summed E-state index contributed by atoms with van der Waals surface area (Å²) in [5, 5.41) is 12.5. The lowest BCUT2D eigenvalue weighted by atomic mass is 10.0. The Bertz CT molecular complexity index is 390. The number of benzene rings is 1. The second-order valence-corrected chi connectivity index (χ2v) is 3.73. The third kappa shape index (κ3) is 1.55. The van der Waals surface area contributed by atoms with Crippen LogP contribution < -0.4 is 5.32 Å². The van der Waals surface area contributed by atoms with Gasteiger partial charge in [0.15, 0.2) is 0 Å². The number of carbonyl (C=O) groups is 1. The molecule has 0 bridgehead atoms. The zero-order valence-corrected chi connectivity index (χ0v) is 8.27. The lowest BCUT2D eigenvalue weighted by molar-refractivity contribution is 0.0697. The van der Waals surface area contributed by atoms with Crippen LogP contribution in [0.1, 0.15) is 22.3 Å². The van der Waals surface area contributed by atoms with Gasteiger partial charge in [-0.1, -0.05) is 11.6 Å².